The van der Waals surface area contributed by atoms with Crippen LogP contribution in [0.4, 0.5) is 0 Å². The summed E-state index contributed by atoms with van der Waals surface area (Å²) in [6.45, 7) is 7.40. The van der Waals surface area contributed by atoms with Gasteiger partial charge in [0.05, 0.1) is 18.7 Å². The minimum atomic E-state index is -0.421. The van der Waals surface area contributed by atoms with E-state index < -0.39 is 6.10 Å². The van der Waals surface area contributed by atoms with Crippen LogP contribution in [0.3, 0.4) is 0 Å². The molecule has 0 fully saturated rings. The smallest absolute Gasteiger partial charge is 0.237 e. The molecule has 1 N–H and O–H groups in total. The van der Waals surface area contributed by atoms with E-state index in [-0.39, 0.29) is 11.9 Å². The minimum absolute atomic E-state index is 0.0887. The molecule has 182 valence electrons. The Morgan fingerprint density at radius 2 is 2.21 bits per heavy atom. The number of aliphatic hydroxyl groups is 1. The summed E-state index contributed by atoms with van der Waals surface area (Å²) in [4.78, 5) is 18.9. The molecule has 1 aromatic carbocycles. The maximum atomic E-state index is 13.5. The van der Waals surface area contributed by atoms with Gasteiger partial charge in [-0.2, -0.15) is 0 Å². The van der Waals surface area contributed by atoms with Gasteiger partial charge in [0.2, 0.25) is 5.91 Å². The van der Waals surface area contributed by atoms with Gasteiger partial charge in [0.1, 0.15) is 12.4 Å². The predicted molar refractivity (Wildman–Crippen MR) is 133 cm³/mol. The van der Waals surface area contributed by atoms with Crippen LogP contribution >= 0.6 is 11.3 Å². The van der Waals surface area contributed by atoms with Crippen molar-refractivity contribution in [2.45, 2.75) is 51.7 Å². The Kier molecular flexibility index (Phi) is 10.2. The van der Waals surface area contributed by atoms with Crippen molar-refractivity contribution in [1.82, 2.24) is 9.80 Å². The van der Waals surface area contributed by atoms with Gasteiger partial charge >= 0.3 is 0 Å². The van der Waals surface area contributed by atoms with Crippen molar-refractivity contribution < 1.29 is 19.4 Å². The number of fused-ring (bicyclic) bond motifs is 1. The van der Waals surface area contributed by atoms with Crippen molar-refractivity contribution in [3.05, 3.63) is 51.7 Å². The van der Waals surface area contributed by atoms with Crippen LogP contribution in [0.2, 0.25) is 0 Å². The number of carbonyl (C=O) groups excluding carboxylic acids is 1. The lowest BCUT2D eigenvalue weighted by atomic mass is 10.0. The number of rotatable bonds is 13. The SMILES string of the molecule is CCC[C@@H](O)CN(CCCOC)CC(=O)N1CCc2sccc2[C@H]1COc1cccc(C)c1. The number of thiophene rings is 1. The van der Waals surface area contributed by atoms with Gasteiger partial charge in [-0.15, -0.1) is 11.3 Å². The molecule has 2 heterocycles. The summed E-state index contributed by atoms with van der Waals surface area (Å²) in [6, 6.07) is 10.1. The molecule has 0 saturated heterocycles. The topological polar surface area (TPSA) is 62.2 Å². The Hall–Kier alpha value is -1.93. The summed E-state index contributed by atoms with van der Waals surface area (Å²) in [5.41, 5.74) is 2.35. The van der Waals surface area contributed by atoms with Crippen LogP contribution in [0.25, 0.3) is 0 Å². The van der Waals surface area contributed by atoms with Crippen molar-refractivity contribution in [2.24, 2.45) is 0 Å². The summed E-state index contributed by atoms with van der Waals surface area (Å²) in [5, 5.41) is 12.5. The molecule has 0 saturated carbocycles. The third kappa shape index (κ3) is 7.54. The van der Waals surface area contributed by atoms with E-state index in [0.717, 1.165) is 43.5 Å². The summed E-state index contributed by atoms with van der Waals surface area (Å²) in [7, 11) is 1.69. The molecule has 1 aromatic heterocycles. The van der Waals surface area contributed by atoms with Gasteiger partial charge in [-0.25, -0.2) is 0 Å². The lowest BCUT2D eigenvalue weighted by Gasteiger charge is -2.37. The predicted octanol–water partition coefficient (Wildman–Crippen LogP) is 4.06. The zero-order valence-electron chi connectivity index (χ0n) is 20.2. The summed E-state index contributed by atoms with van der Waals surface area (Å²) >= 11 is 1.76. The second kappa shape index (κ2) is 13.1. The fraction of sp³-hybridized carbons (Fsp3) is 0.577. The van der Waals surface area contributed by atoms with Crippen molar-refractivity contribution >= 4 is 17.2 Å². The van der Waals surface area contributed by atoms with Crippen molar-refractivity contribution in [3.63, 3.8) is 0 Å². The summed E-state index contributed by atoms with van der Waals surface area (Å²) in [6.07, 6.45) is 2.95. The molecule has 2 atom stereocenters. The first kappa shape index (κ1) is 25.7. The molecule has 6 nitrogen and oxygen atoms in total. The molecular weight excluding hydrogens is 436 g/mol. The highest BCUT2D eigenvalue weighted by Crippen LogP contribution is 2.34. The Labute approximate surface area is 202 Å². The number of hydrogen-bond acceptors (Lipinski definition) is 6. The molecule has 0 bridgehead atoms. The molecule has 1 amide bonds. The Morgan fingerprint density at radius 1 is 1.36 bits per heavy atom. The van der Waals surface area contributed by atoms with E-state index in [4.69, 9.17) is 9.47 Å². The number of carbonyl (C=O) groups is 1. The average molecular weight is 475 g/mol. The van der Waals surface area contributed by atoms with Crippen LogP contribution in [-0.4, -0.2) is 73.4 Å². The zero-order chi connectivity index (χ0) is 23.6. The van der Waals surface area contributed by atoms with E-state index >= 15 is 0 Å². The third-order valence-electron chi connectivity index (χ3n) is 6.09. The summed E-state index contributed by atoms with van der Waals surface area (Å²) in [5.74, 6) is 0.916. The van der Waals surface area contributed by atoms with Gasteiger partial charge in [-0.1, -0.05) is 25.5 Å². The second-order valence-corrected chi connectivity index (χ2v) is 9.80. The highest BCUT2D eigenvalue weighted by atomic mass is 32.1. The van der Waals surface area contributed by atoms with Crippen molar-refractivity contribution in [3.8, 4) is 5.75 Å². The quantitative estimate of drug-likeness (QED) is 0.444. The van der Waals surface area contributed by atoms with Crippen LogP contribution in [0.15, 0.2) is 35.7 Å². The number of hydrogen-bond donors (Lipinski definition) is 1. The highest BCUT2D eigenvalue weighted by Gasteiger charge is 2.33. The molecule has 1 aliphatic heterocycles. The van der Waals surface area contributed by atoms with Gasteiger partial charge in [-0.3, -0.25) is 9.69 Å². The highest BCUT2D eigenvalue weighted by molar-refractivity contribution is 7.10. The number of nitrogens with zero attached hydrogens (tertiary/aromatic N) is 2. The Balaban J connectivity index is 1.70. The van der Waals surface area contributed by atoms with Crippen molar-refractivity contribution in [2.75, 3.05) is 46.5 Å². The zero-order valence-corrected chi connectivity index (χ0v) is 21.0. The van der Waals surface area contributed by atoms with Crippen LogP contribution in [0.1, 0.15) is 48.2 Å². The van der Waals surface area contributed by atoms with E-state index in [9.17, 15) is 9.90 Å². The van der Waals surface area contributed by atoms with Crippen LogP contribution in [-0.2, 0) is 16.0 Å². The molecule has 0 radical (unpaired) electrons. The molecule has 1 aliphatic rings. The lowest BCUT2D eigenvalue weighted by molar-refractivity contribution is -0.136. The van der Waals surface area contributed by atoms with Crippen LogP contribution < -0.4 is 4.74 Å². The summed E-state index contributed by atoms with van der Waals surface area (Å²) < 4.78 is 11.4. The second-order valence-electron chi connectivity index (χ2n) is 8.80. The number of amides is 1. The first-order valence-corrected chi connectivity index (χ1v) is 12.8. The number of aryl methyl sites for hydroxylation is 1. The number of benzene rings is 1. The minimum Gasteiger partial charge on any atom is -0.491 e. The van der Waals surface area contributed by atoms with Crippen LogP contribution in [0.5, 0.6) is 5.75 Å². The first-order chi connectivity index (χ1) is 16.0. The van der Waals surface area contributed by atoms with Gasteiger partial charge in [0.15, 0.2) is 0 Å². The Bertz CT molecular complexity index is 871. The van der Waals surface area contributed by atoms with Gasteiger partial charge in [0, 0.05) is 38.2 Å². The van der Waals surface area contributed by atoms with E-state index in [0.29, 0.717) is 32.8 Å². The molecule has 33 heavy (non-hydrogen) atoms. The van der Waals surface area contributed by atoms with E-state index in [1.54, 1.807) is 18.4 Å². The maximum Gasteiger partial charge on any atom is 0.237 e. The first-order valence-electron chi connectivity index (χ1n) is 12.0. The molecule has 7 heteroatoms. The number of aliphatic hydroxyl groups excluding tert-OH is 1. The van der Waals surface area contributed by atoms with Gasteiger partial charge in [-0.05, 0) is 60.9 Å². The fourth-order valence-corrected chi connectivity index (χ4v) is 5.36. The maximum absolute atomic E-state index is 13.5. The molecule has 2 aromatic rings. The normalized spacial score (nSPS) is 16.6. The standard InChI is InChI=1S/C26H38N2O4S/c1-4-7-21(29)17-27(12-6-14-31-3)18-26(30)28-13-10-25-23(11-15-33-25)24(28)19-32-22-9-5-8-20(2)16-22/h5,8-9,11,15-16,21,24,29H,4,6-7,10,12-14,17-19H2,1-3H3/t21-,24-/m1/s1. The lowest BCUT2D eigenvalue weighted by Crippen LogP contribution is -2.48. The average Bonchev–Trinajstić information content (AvgIpc) is 3.27. The number of ether oxygens (including phenoxy) is 2. The van der Waals surface area contributed by atoms with E-state index in [1.165, 1.54) is 10.4 Å². The van der Waals surface area contributed by atoms with Gasteiger partial charge < -0.3 is 19.5 Å². The molecule has 0 aliphatic carbocycles. The van der Waals surface area contributed by atoms with Gasteiger partial charge in [0.25, 0.3) is 0 Å². The van der Waals surface area contributed by atoms with E-state index in [2.05, 4.69) is 23.3 Å². The largest absolute Gasteiger partial charge is 0.491 e. The number of methoxy groups -OCH3 is 1. The molecule has 3 rings (SSSR count). The van der Waals surface area contributed by atoms with Crippen LogP contribution in [0, 0.1) is 6.92 Å². The molecule has 0 unspecified atom stereocenters. The molecule has 0 spiro atoms. The fourth-order valence-electron chi connectivity index (χ4n) is 4.43. The Morgan fingerprint density at radius 3 is 2.97 bits per heavy atom. The third-order valence-corrected chi connectivity index (χ3v) is 7.08. The monoisotopic (exact) mass is 474 g/mol. The van der Waals surface area contributed by atoms with Crippen molar-refractivity contribution in [1.29, 1.82) is 0 Å². The molecular formula is C26H38N2O4S. The van der Waals surface area contributed by atoms with E-state index in [1.807, 2.05) is 36.1 Å².